The lowest BCUT2D eigenvalue weighted by Crippen LogP contribution is -2.02. The predicted molar refractivity (Wildman–Crippen MR) is 67.6 cm³/mol. The molecule has 3 heteroatoms. The van der Waals surface area contributed by atoms with Gasteiger partial charge in [0.05, 0.1) is 5.03 Å². The third-order valence-electron chi connectivity index (χ3n) is 3.07. The summed E-state index contributed by atoms with van der Waals surface area (Å²) in [5, 5.41) is 1.05. The van der Waals surface area contributed by atoms with E-state index < -0.39 is 0 Å². The van der Waals surface area contributed by atoms with Crippen LogP contribution in [0.5, 0.6) is 0 Å². The van der Waals surface area contributed by atoms with E-state index in [0.717, 1.165) is 17.5 Å². The molecule has 0 spiro atoms. The lowest BCUT2D eigenvalue weighted by Gasteiger charge is -2.10. The molecule has 0 unspecified atom stereocenters. The van der Waals surface area contributed by atoms with Crippen LogP contribution in [0.15, 0.2) is 41.7 Å². The predicted octanol–water partition coefficient (Wildman–Crippen LogP) is 3.25. The Hall–Kier alpha value is -1.22. The number of pyridine rings is 1. The maximum absolute atomic E-state index is 4.52. The van der Waals surface area contributed by atoms with Crippen LogP contribution in [0.4, 0.5) is 0 Å². The van der Waals surface area contributed by atoms with E-state index in [0.29, 0.717) is 0 Å². The summed E-state index contributed by atoms with van der Waals surface area (Å²) < 4.78 is 2.30. The minimum Gasteiger partial charge on any atom is -0.336 e. The van der Waals surface area contributed by atoms with Crippen LogP contribution in [-0.2, 0) is 6.54 Å². The maximum atomic E-state index is 4.52. The highest BCUT2D eigenvalue weighted by molar-refractivity contribution is 7.80. The molecule has 2 aromatic rings. The summed E-state index contributed by atoms with van der Waals surface area (Å²) in [6.07, 6.45) is 6.40. The smallest absolute Gasteiger partial charge is 0.0722 e. The molecule has 0 bridgehead atoms. The fourth-order valence-corrected chi connectivity index (χ4v) is 2.25. The Labute approximate surface area is 101 Å². The van der Waals surface area contributed by atoms with Gasteiger partial charge in [-0.15, -0.1) is 12.6 Å². The summed E-state index contributed by atoms with van der Waals surface area (Å²) >= 11 is 4.52. The SMILES string of the molecule is Sc1ccc(-c2ccncc2)n1CC1CC1. The quantitative estimate of drug-likeness (QED) is 0.801. The molecule has 2 nitrogen and oxygen atoms in total. The number of hydrogen-bond donors (Lipinski definition) is 1. The molecule has 16 heavy (non-hydrogen) atoms. The molecule has 2 heterocycles. The summed E-state index contributed by atoms with van der Waals surface area (Å²) in [5.74, 6) is 0.860. The minimum atomic E-state index is 0.860. The Kier molecular flexibility index (Phi) is 2.48. The summed E-state index contributed by atoms with van der Waals surface area (Å²) in [6, 6.07) is 8.30. The molecule has 1 saturated carbocycles. The third kappa shape index (κ3) is 1.87. The second-order valence-electron chi connectivity index (χ2n) is 4.37. The Bertz CT molecular complexity index is 486. The number of aromatic nitrogens is 2. The fourth-order valence-electron chi connectivity index (χ4n) is 1.98. The van der Waals surface area contributed by atoms with Gasteiger partial charge in [-0.05, 0) is 43.0 Å². The van der Waals surface area contributed by atoms with Crippen molar-refractivity contribution in [1.82, 2.24) is 9.55 Å². The normalized spacial score (nSPS) is 15.3. The molecule has 0 aromatic carbocycles. The Morgan fingerprint density at radius 1 is 1.19 bits per heavy atom. The van der Waals surface area contributed by atoms with Crippen molar-refractivity contribution in [2.24, 2.45) is 5.92 Å². The van der Waals surface area contributed by atoms with E-state index in [2.05, 4.69) is 34.3 Å². The van der Waals surface area contributed by atoms with Gasteiger partial charge in [0.25, 0.3) is 0 Å². The summed E-state index contributed by atoms with van der Waals surface area (Å²) in [6.45, 7) is 1.10. The zero-order chi connectivity index (χ0) is 11.0. The molecular formula is C13H14N2S. The van der Waals surface area contributed by atoms with Crippen molar-refractivity contribution in [3.63, 3.8) is 0 Å². The molecule has 1 aliphatic carbocycles. The summed E-state index contributed by atoms with van der Waals surface area (Å²) in [4.78, 5) is 4.05. The van der Waals surface area contributed by atoms with Crippen LogP contribution in [-0.4, -0.2) is 9.55 Å². The molecule has 0 N–H and O–H groups in total. The van der Waals surface area contributed by atoms with Crippen molar-refractivity contribution in [3.05, 3.63) is 36.7 Å². The molecule has 3 rings (SSSR count). The average molecular weight is 230 g/mol. The number of hydrogen-bond acceptors (Lipinski definition) is 2. The van der Waals surface area contributed by atoms with Gasteiger partial charge in [-0.1, -0.05) is 0 Å². The highest BCUT2D eigenvalue weighted by Crippen LogP contribution is 2.34. The van der Waals surface area contributed by atoms with Gasteiger partial charge in [-0.3, -0.25) is 4.98 Å². The van der Waals surface area contributed by atoms with Gasteiger partial charge in [0.15, 0.2) is 0 Å². The molecule has 1 fully saturated rings. The maximum Gasteiger partial charge on any atom is 0.0722 e. The monoisotopic (exact) mass is 230 g/mol. The van der Waals surface area contributed by atoms with E-state index in [1.54, 1.807) is 0 Å². The standard InChI is InChI=1S/C13H14N2S/c16-13-4-3-12(11-5-7-14-8-6-11)15(13)9-10-1-2-10/h3-8,10,16H,1-2,9H2. The molecule has 0 aliphatic heterocycles. The van der Waals surface area contributed by atoms with Gasteiger partial charge in [0, 0.05) is 30.2 Å². The minimum absolute atomic E-state index is 0.860. The first-order valence-corrected chi connectivity index (χ1v) is 6.08. The fraction of sp³-hybridized carbons (Fsp3) is 0.308. The number of rotatable bonds is 3. The molecule has 0 saturated heterocycles. The van der Waals surface area contributed by atoms with E-state index >= 15 is 0 Å². The zero-order valence-corrected chi connectivity index (χ0v) is 9.90. The van der Waals surface area contributed by atoms with Gasteiger partial charge < -0.3 is 4.57 Å². The summed E-state index contributed by atoms with van der Waals surface area (Å²) in [7, 11) is 0. The van der Waals surface area contributed by atoms with Gasteiger partial charge in [0.1, 0.15) is 0 Å². The van der Waals surface area contributed by atoms with Crippen molar-refractivity contribution in [3.8, 4) is 11.3 Å². The van der Waals surface area contributed by atoms with Crippen molar-refractivity contribution in [2.75, 3.05) is 0 Å². The molecule has 2 aromatic heterocycles. The third-order valence-corrected chi connectivity index (χ3v) is 3.46. The van der Waals surface area contributed by atoms with Gasteiger partial charge in [-0.2, -0.15) is 0 Å². The van der Waals surface area contributed by atoms with Crippen LogP contribution in [0.1, 0.15) is 12.8 Å². The Morgan fingerprint density at radius 2 is 1.94 bits per heavy atom. The van der Waals surface area contributed by atoms with Crippen LogP contribution >= 0.6 is 12.6 Å². The van der Waals surface area contributed by atoms with Crippen molar-refractivity contribution < 1.29 is 0 Å². The second kappa shape index (κ2) is 3.98. The first-order valence-electron chi connectivity index (χ1n) is 5.63. The van der Waals surface area contributed by atoms with E-state index in [4.69, 9.17) is 0 Å². The molecule has 0 radical (unpaired) electrons. The Morgan fingerprint density at radius 3 is 2.62 bits per heavy atom. The summed E-state index contributed by atoms with van der Waals surface area (Å²) in [5.41, 5.74) is 2.47. The largest absolute Gasteiger partial charge is 0.336 e. The van der Waals surface area contributed by atoms with Crippen molar-refractivity contribution >= 4 is 12.6 Å². The molecular weight excluding hydrogens is 216 g/mol. The molecule has 82 valence electrons. The van der Waals surface area contributed by atoms with E-state index in [1.807, 2.05) is 24.5 Å². The lowest BCUT2D eigenvalue weighted by molar-refractivity contribution is 0.597. The highest BCUT2D eigenvalue weighted by Gasteiger charge is 2.23. The average Bonchev–Trinajstić information content (AvgIpc) is 3.06. The number of nitrogens with zero attached hydrogens (tertiary/aromatic N) is 2. The van der Waals surface area contributed by atoms with Crippen LogP contribution in [0.25, 0.3) is 11.3 Å². The van der Waals surface area contributed by atoms with Crippen LogP contribution in [0.2, 0.25) is 0 Å². The number of thiol groups is 1. The molecule has 1 aliphatic rings. The van der Waals surface area contributed by atoms with Crippen molar-refractivity contribution in [1.29, 1.82) is 0 Å². The van der Waals surface area contributed by atoms with E-state index in [-0.39, 0.29) is 0 Å². The van der Waals surface area contributed by atoms with Gasteiger partial charge >= 0.3 is 0 Å². The van der Waals surface area contributed by atoms with Gasteiger partial charge in [0.2, 0.25) is 0 Å². The highest BCUT2D eigenvalue weighted by atomic mass is 32.1. The molecule has 0 atom stereocenters. The Balaban J connectivity index is 2.00. The van der Waals surface area contributed by atoms with Crippen molar-refractivity contribution in [2.45, 2.75) is 24.4 Å². The zero-order valence-electron chi connectivity index (χ0n) is 9.00. The first kappa shape index (κ1) is 9.97. The second-order valence-corrected chi connectivity index (χ2v) is 4.82. The molecule has 0 amide bonds. The first-order chi connectivity index (χ1) is 7.84. The van der Waals surface area contributed by atoms with Gasteiger partial charge in [-0.25, -0.2) is 0 Å². The topological polar surface area (TPSA) is 17.8 Å². The van der Waals surface area contributed by atoms with Crippen LogP contribution in [0, 0.1) is 5.92 Å². The van der Waals surface area contributed by atoms with E-state index in [1.165, 1.54) is 24.1 Å². The van der Waals surface area contributed by atoms with E-state index in [9.17, 15) is 0 Å². The van der Waals surface area contributed by atoms with Crippen LogP contribution < -0.4 is 0 Å². The van der Waals surface area contributed by atoms with Crippen LogP contribution in [0.3, 0.4) is 0 Å². The lowest BCUT2D eigenvalue weighted by atomic mass is 10.2.